The molecule has 20 heavy (non-hydrogen) atoms. The van der Waals surface area contributed by atoms with Crippen molar-refractivity contribution >= 4 is 38.3 Å². The number of alkyl halides is 3. The van der Waals surface area contributed by atoms with Gasteiger partial charge in [-0.1, -0.05) is 39.4 Å². The molecule has 106 valence electrons. The van der Waals surface area contributed by atoms with Gasteiger partial charge >= 0.3 is 12.1 Å². The van der Waals surface area contributed by atoms with E-state index in [1.54, 1.807) is 24.3 Å². The van der Waals surface area contributed by atoms with Gasteiger partial charge in [0.1, 0.15) is 5.01 Å². The van der Waals surface area contributed by atoms with Gasteiger partial charge in [-0.15, -0.1) is 10.2 Å². The van der Waals surface area contributed by atoms with E-state index in [4.69, 9.17) is 0 Å². The molecule has 2 rings (SSSR count). The molecule has 1 aromatic carbocycles. The average molecular weight is 366 g/mol. The zero-order valence-corrected chi connectivity index (χ0v) is 12.4. The number of nitrogens with zero attached hydrogens (tertiary/aromatic N) is 3. The van der Waals surface area contributed by atoms with Gasteiger partial charge in [0.2, 0.25) is 5.13 Å². The third-order valence-electron chi connectivity index (χ3n) is 2.34. The second kappa shape index (κ2) is 5.49. The number of anilines is 1. The fourth-order valence-electron chi connectivity index (χ4n) is 1.34. The molecule has 0 aliphatic heterocycles. The fourth-order valence-corrected chi connectivity index (χ4v) is 2.41. The Morgan fingerprint density at radius 1 is 1.25 bits per heavy atom. The van der Waals surface area contributed by atoms with Crippen molar-refractivity contribution < 1.29 is 18.0 Å². The second-order valence-corrected chi connectivity index (χ2v) is 5.63. The van der Waals surface area contributed by atoms with Gasteiger partial charge in [0.25, 0.3) is 0 Å². The third kappa shape index (κ3) is 3.15. The van der Waals surface area contributed by atoms with E-state index < -0.39 is 12.1 Å². The van der Waals surface area contributed by atoms with Gasteiger partial charge < -0.3 is 0 Å². The maximum atomic E-state index is 12.3. The van der Waals surface area contributed by atoms with E-state index in [0.29, 0.717) is 15.5 Å². The van der Waals surface area contributed by atoms with Crippen LogP contribution in [0.2, 0.25) is 0 Å². The first kappa shape index (κ1) is 14.9. The predicted octanol–water partition coefficient (Wildman–Crippen LogP) is 3.49. The molecular weight excluding hydrogens is 359 g/mol. The summed E-state index contributed by atoms with van der Waals surface area (Å²) >= 11 is 4.19. The first-order chi connectivity index (χ1) is 9.29. The van der Waals surface area contributed by atoms with Gasteiger partial charge in [0, 0.05) is 17.1 Å². The van der Waals surface area contributed by atoms with Crippen LogP contribution in [0, 0.1) is 0 Å². The van der Waals surface area contributed by atoms with Crippen LogP contribution in [0.5, 0.6) is 0 Å². The first-order valence-electron chi connectivity index (χ1n) is 5.23. The summed E-state index contributed by atoms with van der Waals surface area (Å²) in [6.45, 7) is 0. The lowest BCUT2D eigenvalue weighted by atomic mass is 10.2. The summed E-state index contributed by atoms with van der Waals surface area (Å²) in [5.41, 5.74) is 0.713. The zero-order valence-electron chi connectivity index (χ0n) is 9.98. The first-order valence-corrected chi connectivity index (χ1v) is 6.84. The van der Waals surface area contributed by atoms with Gasteiger partial charge in [-0.05, 0) is 12.1 Å². The molecule has 9 heteroatoms. The lowest BCUT2D eigenvalue weighted by Gasteiger charge is -2.14. The average Bonchev–Trinajstić information content (AvgIpc) is 2.86. The number of benzene rings is 1. The minimum Gasteiger partial charge on any atom is -0.282 e. The quantitative estimate of drug-likeness (QED) is 0.818. The molecule has 0 bridgehead atoms. The number of amides is 1. The number of hydrogen-bond donors (Lipinski definition) is 0. The molecule has 0 fully saturated rings. The molecule has 0 radical (unpaired) electrons. The van der Waals surface area contributed by atoms with Crippen molar-refractivity contribution in [3.05, 3.63) is 28.7 Å². The van der Waals surface area contributed by atoms with Crippen LogP contribution >= 0.6 is 27.3 Å². The Hall–Kier alpha value is -1.48. The van der Waals surface area contributed by atoms with Gasteiger partial charge in [0.05, 0.1) is 0 Å². The van der Waals surface area contributed by atoms with Gasteiger partial charge in [-0.3, -0.25) is 9.69 Å². The van der Waals surface area contributed by atoms with Crippen LogP contribution in [0.25, 0.3) is 10.6 Å². The van der Waals surface area contributed by atoms with E-state index in [0.717, 1.165) is 22.9 Å². The van der Waals surface area contributed by atoms with E-state index in [9.17, 15) is 18.0 Å². The molecular formula is C11H7BrF3N3OS. The molecule has 0 N–H and O–H groups in total. The Labute approximate surface area is 124 Å². The monoisotopic (exact) mass is 365 g/mol. The molecule has 0 aliphatic rings. The molecule has 0 saturated carbocycles. The Balaban J connectivity index is 2.25. The molecule has 2 aromatic rings. The highest BCUT2D eigenvalue weighted by atomic mass is 79.9. The molecule has 1 aromatic heterocycles. The molecule has 4 nitrogen and oxygen atoms in total. The molecule has 0 saturated heterocycles. The summed E-state index contributed by atoms with van der Waals surface area (Å²) in [6, 6.07) is 7.06. The summed E-state index contributed by atoms with van der Waals surface area (Å²) in [4.78, 5) is 11.5. The van der Waals surface area contributed by atoms with Gasteiger partial charge in [-0.25, -0.2) is 0 Å². The largest absolute Gasteiger partial charge is 0.471 e. The molecule has 1 amide bonds. The summed E-state index contributed by atoms with van der Waals surface area (Å²) in [7, 11) is 1.02. The SMILES string of the molecule is CN(C(=O)C(F)(F)F)c1nnc(-c2ccc(Br)cc2)s1. The number of rotatable bonds is 2. The Bertz CT molecular complexity index is 627. The number of carbonyl (C=O) groups excluding carboxylic acids is 1. The predicted molar refractivity (Wildman–Crippen MR) is 72.5 cm³/mol. The summed E-state index contributed by atoms with van der Waals surface area (Å²) < 4.78 is 37.8. The lowest BCUT2D eigenvalue weighted by molar-refractivity contribution is -0.170. The smallest absolute Gasteiger partial charge is 0.282 e. The Morgan fingerprint density at radius 2 is 1.85 bits per heavy atom. The van der Waals surface area contributed by atoms with E-state index in [2.05, 4.69) is 26.1 Å². The minimum atomic E-state index is -4.93. The van der Waals surface area contributed by atoms with E-state index >= 15 is 0 Å². The maximum Gasteiger partial charge on any atom is 0.471 e. The number of aromatic nitrogens is 2. The van der Waals surface area contributed by atoms with Gasteiger partial charge in [0.15, 0.2) is 0 Å². The van der Waals surface area contributed by atoms with Crippen molar-refractivity contribution in [1.29, 1.82) is 0 Å². The maximum absolute atomic E-state index is 12.3. The van der Waals surface area contributed by atoms with Crippen molar-refractivity contribution in [2.75, 3.05) is 11.9 Å². The summed E-state index contributed by atoms with van der Waals surface area (Å²) in [6.07, 6.45) is -4.93. The zero-order chi connectivity index (χ0) is 14.9. The molecule has 0 unspecified atom stereocenters. The molecule has 0 spiro atoms. The van der Waals surface area contributed by atoms with E-state index in [-0.39, 0.29) is 5.13 Å². The highest BCUT2D eigenvalue weighted by Gasteiger charge is 2.42. The van der Waals surface area contributed by atoms with Crippen LogP contribution in [-0.2, 0) is 4.79 Å². The van der Waals surface area contributed by atoms with Gasteiger partial charge in [-0.2, -0.15) is 13.2 Å². The van der Waals surface area contributed by atoms with Crippen LogP contribution in [0.4, 0.5) is 18.3 Å². The number of hydrogen-bond acceptors (Lipinski definition) is 4. The Kier molecular flexibility index (Phi) is 4.09. The third-order valence-corrected chi connectivity index (χ3v) is 3.92. The van der Waals surface area contributed by atoms with Crippen LogP contribution in [0.3, 0.4) is 0 Å². The summed E-state index contributed by atoms with van der Waals surface area (Å²) in [5.74, 6) is -1.98. The van der Waals surface area contributed by atoms with Crippen molar-refractivity contribution in [1.82, 2.24) is 10.2 Å². The molecule has 0 aliphatic carbocycles. The van der Waals surface area contributed by atoms with Crippen molar-refractivity contribution in [2.45, 2.75) is 6.18 Å². The Morgan fingerprint density at radius 3 is 2.40 bits per heavy atom. The fraction of sp³-hybridized carbons (Fsp3) is 0.182. The minimum absolute atomic E-state index is 0.106. The number of halogens is 4. The molecule has 1 heterocycles. The van der Waals surface area contributed by atoms with Crippen molar-refractivity contribution in [2.24, 2.45) is 0 Å². The topological polar surface area (TPSA) is 46.1 Å². The number of carbonyl (C=O) groups is 1. The van der Waals surface area contributed by atoms with Crippen molar-refractivity contribution in [3.8, 4) is 10.6 Å². The standard InChI is InChI=1S/C11H7BrF3N3OS/c1-18(9(19)11(13,14)15)10-17-16-8(20-10)6-2-4-7(12)5-3-6/h2-5H,1H3. The normalized spacial score (nSPS) is 11.4. The lowest BCUT2D eigenvalue weighted by Crippen LogP contribution is -2.38. The van der Waals surface area contributed by atoms with Crippen molar-refractivity contribution in [3.63, 3.8) is 0 Å². The second-order valence-electron chi connectivity index (χ2n) is 3.76. The summed E-state index contributed by atoms with van der Waals surface area (Å²) in [5, 5.41) is 7.74. The van der Waals surface area contributed by atoms with Crippen LogP contribution in [0.15, 0.2) is 28.7 Å². The van der Waals surface area contributed by atoms with Crippen LogP contribution in [-0.4, -0.2) is 29.3 Å². The van der Waals surface area contributed by atoms with E-state index in [1.807, 2.05) is 0 Å². The van der Waals surface area contributed by atoms with E-state index in [1.165, 1.54) is 0 Å². The van der Waals surface area contributed by atoms with Crippen LogP contribution < -0.4 is 4.90 Å². The highest BCUT2D eigenvalue weighted by Crippen LogP contribution is 2.30. The highest BCUT2D eigenvalue weighted by molar-refractivity contribution is 9.10. The van der Waals surface area contributed by atoms with Crippen LogP contribution in [0.1, 0.15) is 0 Å². The molecule has 0 atom stereocenters.